The van der Waals surface area contributed by atoms with E-state index in [0.29, 0.717) is 17.3 Å². The van der Waals surface area contributed by atoms with Crippen LogP contribution in [0.1, 0.15) is 49.3 Å². The lowest BCUT2D eigenvalue weighted by atomic mass is 9.86. The van der Waals surface area contributed by atoms with E-state index < -0.39 is 5.56 Å². The van der Waals surface area contributed by atoms with E-state index in [4.69, 9.17) is 6.57 Å². The summed E-state index contributed by atoms with van der Waals surface area (Å²) >= 11 is 1.24. The van der Waals surface area contributed by atoms with Crippen LogP contribution in [0.4, 0.5) is 5.69 Å². The number of carbonyl (C=O) groups is 1. The highest BCUT2D eigenvalue weighted by Gasteiger charge is 2.23. The maximum atomic E-state index is 12.3. The van der Waals surface area contributed by atoms with Gasteiger partial charge in [-0.1, -0.05) is 61.4 Å². The van der Waals surface area contributed by atoms with Gasteiger partial charge in [-0.2, -0.15) is 0 Å². The van der Waals surface area contributed by atoms with Crippen LogP contribution in [0.5, 0.6) is 0 Å². The van der Waals surface area contributed by atoms with Crippen LogP contribution in [0.15, 0.2) is 40.3 Å². The summed E-state index contributed by atoms with van der Waals surface area (Å²) in [5.41, 5.74) is 1.30. The van der Waals surface area contributed by atoms with Crippen LogP contribution in [0, 0.1) is 6.57 Å². The predicted molar refractivity (Wildman–Crippen MR) is 103 cm³/mol. The van der Waals surface area contributed by atoms with Crippen LogP contribution in [-0.4, -0.2) is 21.5 Å². The largest absolute Gasteiger partial charge is 0.311 e. The lowest BCUT2D eigenvalue weighted by Gasteiger charge is -2.22. The molecule has 26 heavy (non-hydrogen) atoms. The Labute approximate surface area is 157 Å². The van der Waals surface area contributed by atoms with Crippen LogP contribution >= 0.6 is 11.8 Å². The van der Waals surface area contributed by atoms with Crippen LogP contribution in [0.25, 0.3) is 4.85 Å². The number of aromatic nitrogens is 2. The smallest absolute Gasteiger partial charge is 0.271 e. The summed E-state index contributed by atoms with van der Waals surface area (Å²) < 4.78 is 0. The molecule has 0 unspecified atom stereocenters. The van der Waals surface area contributed by atoms with Gasteiger partial charge >= 0.3 is 0 Å². The van der Waals surface area contributed by atoms with E-state index in [1.165, 1.54) is 18.2 Å². The Morgan fingerprint density at radius 3 is 2.65 bits per heavy atom. The number of benzene rings is 1. The average Bonchev–Trinajstić information content (AvgIpc) is 2.67. The van der Waals surface area contributed by atoms with Gasteiger partial charge in [-0.05, 0) is 24.3 Å². The quantitative estimate of drug-likeness (QED) is 0.470. The molecule has 1 fully saturated rings. The molecule has 1 aromatic carbocycles. The number of rotatable bonds is 6. The highest BCUT2D eigenvalue weighted by Crippen LogP contribution is 2.35. The number of Topliss-reactive ketones (excluding diaryl/α,β-unsaturated/α-hetero) is 1. The number of nitrogens with one attached hydrogen (secondary N) is 1. The highest BCUT2D eigenvalue weighted by molar-refractivity contribution is 7.99. The van der Waals surface area contributed by atoms with Crippen molar-refractivity contribution in [3.8, 4) is 0 Å². The molecule has 0 saturated heterocycles. The summed E-state index contributed by atoms with van der Waals surface area (Å²) in [6.07, 6.45) is 5.71. The third-order valence-electron chi connectivity index (χ3n) is 4.62. The van der Waals surface area contributed by atoms with E-state index in [0.717, 1.165) is 31.2 Å². The van der Waals surface area contributed by atoms with E-state index >= 15 is 0 Å². The van der Waals surface area contributed by atoms with Gasteiger partial charge in [0.25, 0.3) is 11.2 Å². The Kier molecular flexibility index (Phi) is 6.24. The number of hydrogen-bond acceptors (Lipinski definition) is 4. The van der Waals surface area contributed by atoms with Gasteiger partial charge in [-0.15, -0.1) is 0 Å². The molecule has 1 N–H and O–H groups in total. The Bertz CT molecular complexity index is 865. The number of carbonyl (C=O) groups excluding carboxylic acids is 1. The molecule has 0 atom stereocenters. The Balaban J connectivity index is 1.71. The minimum absolute atomic E-state index is 0.0809. The number of H-pyrrole nitrogens is 1. The Hall–Kier alpha value is -2.39. The van der Waals surface area contributed by atoms with Gasteiger partial charge in [0, 0.05) is 6.42 Å². The van der Waals surface area contributed by atoms with Gasteiger partial charge in [0.15, 0.2) is 5.16 Å². The zero-order chi connectivity index (χ0) is 18.4. The molecule has 2 aromatic rings. The predicted octanol–water partition coefficient (Wildman–Crippen LogP) is 4.27. The first-order chi connectivity index (χ1) is 12.7. The van der Waals surface area contributed by atoms with E-state index in [-0.39, 0.29) is 23.1 Å². The molecule has 0 aliphatic heterocycles. The van der Waals surface area contributed by atoms with Crippen molar-refractivity contribution >= 4 is 23.2 Å². The molecule has 1 aliphatic carbocycles. The topological polar surface area (TPSA) is 67.2 Å². The molecule has 6 heteroatoms. The van der Waals surface area contributed by atoms with Crippen molar-refractivity contribution in [3.63, 3.8) is 0 Å². The molecule has 0 bridgehead atoms. The molecule has 0 amide bonds. The van der Waals surface area contributed by atoms with E-state index in [1.807, 2.05) is 30.3 Å². The molecular formula is C20H21N3O2S. The van der Waals surface area contributed by atoms with Crippen molar-refractivity contribution in [1.29, 1.82) is 0 Å². The molecule has 1 aliphatic rings. The third kappa shape index (κ3) is 4.61. The Morgan fingerprint density at radius 1 is 1.23 bits per heavy atom. The van der Waals surface area contributed by atoms with E-state index in [9.17, 15) is 9.59 Å². The molecule has 134 valence electrons. The molecule has 3 rings (SSSR count). The van der Waals surface area contributed by atoms with Crippen LogP contribution < -0.4 is 5.56 Å². The summed E-state index contributed by atoms with van der Waals surface area (Å²) in [5.74, 6) is 0.506. The number of hydrogen-bond donors (Lipinski definition) is 1. The summed E-state index contributed by atoms with van der Waals surface area (Å²) in [4.78, 5) is 35.1. The van der Waals surface area contributed by atoms with Crippen LogP contribution in [0.2, 0.25) is 0 Å². The van der Waals surface area contributed by atoms with Gasteiger partial charge in [0.2, 0.25) is 0 Å². The van der Waals surface area contributed by atoms with E-state index in [1.54, 1.807) is 0 Å². The fourth-order valence-corrected chi connectivity index (χ4v) is 4.05. The summed E-state index contributed by atoms with van der Waals surface area (Å²) in [7, 11) is 0. The number of nitrogens with zero attached hydrogens (tertiary/aromatic N) is 2. The normalized spacial score (nSPS) is 14.7. The SMILES string of the molecule is [C-]#[N+]c1c(C2CCCCC2)nc(SCC(=O)Cc2ccccc2)[nH]c1=O. The lowest BCUT2D eigenvalue weighted by molar-refractivity contribution is -0.116. The minimum Gasteiger partial charge on any atom is -0.311 e. The van der Waals surface area contributed by atoms with E-state index in [2.05, 4.69) is 14.8 Å². The second kappa shape index (κ2) is 8.81. The fraction of sp³-hybridized carbons (Fsp3) is 0.400. The molecule has 0 radical (unpaired) electrons. The minimum atomic E-state index is -0.395. The van der Waals surface area contributed by atoms with Crippen molar-refractivity contribution < 1.29 is 4.79 Å². The van der Waals surface area contributed by atoms with Crippen molar-refractivity contribution in [1.82, 2.24) is 9.97 Å². The maximum absolute atomic E-state index is 12.3. The first-order valence-corrected chi connectivity index (χ1v) is 9.86. The van der Waals surface area contributed by atoms with Gasteiger partial charge in [-0.3, -0.25) is 9.59 Å². The second-order valence-electron chi connectivity index (χ2n) is 6.54. The average molecular weight is 367 g/mol. The first kappa shape index (κ1) is 18.4. The third-order valence-corrected chi connectivity index (χ3v) is 5.55. The van der Waals surface area contributed by atoms with Crippen molar-refractivity contribution in [2.75, 3.05) is 5.75 Å². The zero-order valence-electron chi connectivity index (χ0n) is 14.5. The molecule has 5 nitrogen and oxygen atoms in total. The van der Waals surface area contributed by atoms with Gasteiger partial charge in [0.1, 0.15) is 5.78 Å². The monoisotopic (exact) mass is 367 g/mol. The van der Waals surface area contributed by atoms with Crippen LogP contribution in [0.3, 0.4) is 0 Å². The molecular weight excluding hydrogens is 346 g/mol. The molecule has 1 saturated carbocycles. The summed E-state index contributed by atoms with van der Waals surface area (Å²) in [6.45, 7) is 7.31. The number of ketones is 1. The van der Waals surface area contributed by atoms with Gasteiger partial charge < -0.3 is 4.98 Å². The lowest BCUT2D eigenvalue weighted by Crippen LogP contribution is -2.16. The molecule has 0 spiro atoms. The summed E-state index contributed by atoms with van der Waals surface area (Å²) in [6, 6.07) is 9.59. The van der Waals surface area contributed by atoms with Crippen LogP contribution in [-0.2, 0) is 11.2 Å². The second-order valence-corrected chi connectivity index (χ2v) is 7.51. The fourth-order valence-electron chi connectivity index (χ4n) is 3.32. The number of aromatic amines is 1. The maximum Gasteiger partial charge on any atom is 0.271 e. The Morgan fingerprint density at radius 2 is 1.96 bits per heavy atom. The van der Waals surface area contributed by atoms with Crippen molar-refractivity contribution in [2.24, 2.45) is 0 Å². The summed E-state index contributed by atoms with van der Waals surface area (Å²) in [5, 5.41) is 0.435. The van der Waals surface area contributed by atoms with Gasteiger partial charge in [-0.25, -0.2) is 9.83 Å². The van der Waals surface area contributed by atoms with Gasteiger partial charge in [0.05, 0.1) is 18.0 Å². The number of thioether (sulfide) groups is 1. The van der Waals surface area contributed by atoms with Crippen molar-refractivity contribution in [3.05, 3.63) is 63.4 Å². The zero-order valence-corrected chi connectivity index (χ0v) is 15.3. The first-order valence-electron chi connectivity index (χ1n) is 8.87. The van der Waals surface area contributed by atoms with Crippen molar-refractivity contribution in [2.45, 2.75) is 49.6 Å². The standard InChI is InChI=1S/C20H21N3O2S/c1-21-18-17(15-10-6-3-7-11-15)22-20(23-19(18)25)26-13-16(24)12-14-8-4-2-5-9-14/h2,4-5,8-9,15H,3,6-7,10-13H2,(H,22,23,25). The molecule has 1 heterocycles. The highest BCUT2D eigenvalue weighted by atomic mass is 32.2. The molecule has 1 aromatic heterocycles.